The van der Waals surface area contributed by atoms with Crippen molar-refractivity contribution in [1.82, 2.24) is 15.1 Å². The van der Waals surface area contributed by atoms with E-state index in [-0.39, 0.29) is 0 Å². The molecule has 86 valence electrons. The highest BCUT2D eigenvalue weighted by molar-refractivity contribution is 5.03. The highest BCUT2D eigenvalue weighted by Gasteiger charge is 2.00. The average Bonchev–Trinajstić information content (AvgIpc) is 2.66. The Balaban J connectivity index is 2.20. The molecule has 0 fully saturated rings. The zero-order valence-electron chi connectivity index (χ0n) is 9.86. The van der Waals surface area contributed by atoms with E-state index < -0.39 is 0 Å². The van der Waals surface area contributed by atoms with E-state index in [0.29, 0.717) is 6.04 Å². The number of aromatic nitrogens is 2. The zero-order valence-corrected chi connectivity index (χ0v) is 9.86. The van der Waals surface area contributed by atoms with Crippen molar-refractivity contribution in [2.24, 2.45) is 0 Å². The lowest BCUT2D eigenvalue weighted by Gasteiger charge is -2.04. The minimum Gasteiger partial charge on any atom is -0.385 e. The number of rotatable bonds is 7. The molecule has 0 aromatic carbocycles. The van der Waals surface area contributed by atoms with Crippen molar-refractivity contribution >= 4 is 0 Å². The molecule has 0 bridgehead atoms. The molecule has 1 aromatic rings. The van der Waals surface area contributed by atoms with Crippen LogP contribution in [0.15, 0.2) is 12.4 Å². The van der Waals surface area contributed by atoms with E-state index in [1.807, 2.05) is 10.9 Å². The Hall–Kier alpha value is -0.870. The molecule has 0 saturated carbocycles. The molecule has 0 amide bonds. The van der Waals surface area contributed by atoms with Crippen LogP contribution in [0.25, 0.3) is 0 Å². The van der Waals surface area contributed by atoms with E-state index in [9.17, 15) is 0 Å². The van der Waals surface area contributed by atoms with E-state index in [1.165, 1.54) is 5.56 Å². The highest BCUT2D eigenvalue weighted by atomic mass is 16.5. The van der Waals surface area contributed by atoms with Gasteiger partial charge in [0.25, 0.3) is 0 Å². The van der Waals surface area contributed by atoms with Gasteiger partial charge < -0.3 is 10.1 Å². The molecule has 0 spiro atoms. The Bertz CT molecular complexity index is 271. The summed E-state index contributed by atoms with van der Waals surface area (Å²) in [5.74, 6) is 0. The standard InChI is InChI=1S/C11H21N3O/c1-10(2)14-9-11(8-13-14)7-12-5-4-6-15-3/h8-10,12H,4-7H2,1-3H3. The van der Waals surface area contributed by atoms with Crippen molar-refractivity contribution in [1.29, 1.82) is 0 Å². The van der Waals surface area contributed by atoms with Gasteiger partial charge in [-0.15, -0.1) is 0 Å². The highest BCUT2D eigenvalue weighted by Crippen LogP contribution is 2.04. The van der Waals surface area contributed by atoms with Crippen LogP contribution in [-0.4, -0.2) is 30.0 Å². The first-order chi connectivity index (χ1) is 7.24. The quantitative estimate of drug-likeness (QED) is 0.696. The first kappa shape index (κ1) is 12.2. The van der Waals surface area contributed by atoms with Crippen LogP contribution in [0.2, 0.25) is 0 Å². The molecule has 0 aliphatic heterocycles. The number of hydrogen-bond acceptors (Lipinski definition) is 3. The van der Waals surface area contributed by atoms with Crippen LogP contribution < -0.4 is 5.32 Å². The lowest BCUT2D eigenvalue weighted by molar-refractivity contribution is 0.194. The third-order valence-electron chi connectivity index (χ3n) is 2.22. The third kappa shape index (κ3) is 4.44. The molecule has 0 aliphatic rings. The first-order valence-electron chi connectivity index (χ1n) is 5.46. The number of methoxy groups -OCH3 is 1. The summed E-state index contributed by atoms with van der Waals surface area (Å²) in [6, 6.07) is 0.437. The van der Waals surface area contributed by atoms with Crippen LogP contribution >= 0.6 is 0 Å². The van der Waals surface area contributed by atoms with Crippen molar-refractivity contribution in [2.45, 2.75) is 32.9 Å². The van der Waals surface area contributed by atoms with Gasteiger partial charge >= 0.3 is 0 Å². The summed E-state index contributed by atoms with van der Waals surface area (Å²) >= 11 is 0. The normalized spacial score (nSPS) is 11.2. The Labute approximate surface area is 91.6 Å². The van der Waals surface area contributed by atoms with Crippen LogP contribution in [0.1, 0.15) is 31.9 Å². The maximum absolute atomic E-state index is 4.97. The van der Waals surface area contributed by atoms with Crippen molar-refractivity contribution in [3.8, 4) is 0 Å². The predicted molar refractivity (Wildman–Crippen MR) is 60.8 cm³/mol. The second-order valence-electron chi connectivity index (χ2n) is 3.95. The summed E-state index contributed by atoms with van der Waals surface area (Å²) in [4.78, 5) is 0. The molecule has 1 aromatic heterocycles. The summed E-state index contributed by atoms with van der Waals surface area (Å²) in [7, 11) is 1.73. The molecule has 0 atom stereocenters. The van der Waals surface area contributed by atoms with Crippen LogP contribution in [0.5, 0.6) is 0 Å². The molecule has 1 rings (SSSR count). The molecule has 1 N–H and O–H groups in total. The van der Waals surface area contributed by atoms with Gasteiger partial charge in [-0.3, -0.25) is 4.68 Å². The molecular weight excluding hydrogens is 190 g/mol. The van der Waals surface area contributed by atoms with Crippen molar-refractivity contribution in [2.75, 3.05) is 20.3 Å². The predicted octanol–water partition coefficient (Wildman–Crippen LogP) is 1.59. The molecule has 0 radical (unpaired) electrons. The Kier molecular flexibility index (Phi) is 5.36. The van der Waals surface area contributed by atoms with Gasteiger partial charge in [0.05, 0.1) is 6.20 Å². The largest absolute Gasteiger partial charge is 0.385 e. The summed E-state index contributed by atoms with van der Waals surface area (Å²) < 4.78 is 6.95. The second-order valence-corrected chi connectivity index (χ2v) is 3.95. The van der Waals surface area contributed by atoms with E-state index >= 15 is 0 Å². The summed E-state index contributed by atoms with van der Waals surface area (Å²) in [6.45, 7) is 6.95. The topological polar surface area (TPSA) is 39.1 Å². The molecule has 15 heavy (non-hydrogen) atoms. The molecule has 4 heteroatoms. The van der Waals surface area contributed by atoms with E-state index in [2.05, 4.69) is 30.5 Å². The van der Waals surface area contributed by atoms with E-state index in [4.69, 9.17) is 4.74 Å². The van der Waals surface area contributed by atoms with Gasteiger partial charge in [0, 0.05) is 38.1 Å². The van der Waals surface area contributed by atoms with E-state index in [0.717, 1.165) is 26.1 Å². The van der Waals surface area contributed by atoms with Gasteiger partial charge in [-0.1, -0.05) is 0 Å². The maximum Gasteiger partial charge on any atom is 0.0534 e. The number of nitrogens with zero attached hydrogens (tertiary/aromatic N) is 2. The molecule has 4 nitrogen and oxygen atoms in total. The zero-order chi connectivity index (χ0) is 11.1. The molecule has 0 aliphatic carbocycles. The minimum absolute atomic E-state index is 0.437. The van der Waals surface area contributed by atoms with Gasteiger partial charge in [-0.05, 0) is 26.8 Å². The van der Waals surface area contributed by atoms with Gasteiger partial charge in [-0.25, -0.2) is 0 Å². The SMILES string of the molecule is COCCCNCc1cnn(C(C)C)c1. The Morgan fingerprint density at radius 1 is 1.53 bits per heavy atom. The van der Waals surface area contributed by atoms with Gasteiger partial charge in [-0.2, -0.15) is 5.10 Å². The van der Waals surface area contributed by atoms with Crippen molar-refractivity contribution in [3.63, 3.8) is 0 Å². The van der Waals surface area contributed by atoms with Crippen LogP contribution in [0.4, 0.5) is 0 Å². The van der Waals surface area contributed by atoms with E-state index in [1.54, 1.807) is 7.11 Å². The third-order valence-corrected chi connectivity index (χ3v) is 2.22. The van der Waals surface area contributed by atoms with Crippen LogP contribution in [-0.2, 0) is 11.3 Å². The number of hydrogen-bond donors (Lipinski definition) is 1. The second kappa shape index (κ2) is 6.58. The smallest absolute Gasteiger partial charge is 0.0534 e. The minimum atomic E-state index is 0.437. The fraction of sp³-hybridized carbons (Fsp3) is 0.727. The lowest BCUT2D eigenvalue weighted by atomic mass is 10.3. The van der Waals surface area contributed by atoms with Crippen molar-refractivity contribution in [3.05, 3.63) is 18.0 Å². The summed E-state index contributed by atoms with van der Waals surface area (Å²) in [5.41, 5.74) is 1.24. The maximum atomic E-state index is 4.97. The van der Waals surface area contributed by atoms with Crippen LogP contribution in [0, 0.1) is 0 Å². The fourth-order valence-corrected chi connectivity index (χ4v) is 1.33. The summed E-state index contributed by atoms with van der Waals surface area (Å²) in [5, 5.41) is 7.64. The Morgan fingerprint density at radius 3 is 2.93 bits per heavy atom. The molecular formula is C11H21N3O. The summed E-state index contributed by atoms with van der Waals surface area (Å²) in [6.07, 6.45) is 5.06. The van der Waals surface area contributed by atoms with Gasteiger partial charge in [0.2, 0.25) is 0 Å². The van der Waals surface area contributed by atoms with Gasteiger partial charge in [0.1, 0.15) is 0 Å². The number of ether oxygens (including phenoxy) is 1. The first-order valence-corrected chi connectivity index (χ1v) is 5.46. The van der Waals surface area contributed by atoms with Crippen LogP contribution in [0.3, 0.4) is 0 Å². The fourth-order valence-electron chi connectivity index (χ4n) is 1.33. The van der Waals surface area contributed by atoms with Gasteiger partial charge in [0.15, 0.2) is 0 Å². The molecule has 1 heterocycles. The number of nitrogens with one attached hydrogen (secondary N) is 1. The van der Waals surface area contributed by atoms with Crippen molar-refractivity contribution < 1.29 is 4.74 Å². The molecule has 0 unspecified atom stereocenters. The monoisotopic (exact) mass is 211 g/mol. The average molecular weight is 211 g/mol. The molecule has 0 saturated heterocycles. The Morgan fingerprint density at radius 2 is 2.33 bits per heavy atom. The lowest BCUT2D eigenvalue weighted by Crippen LogP contribution is -2.15.